The summed E-state index contributed by atoms with van der Waals surface area (Å²) in [5.74, 6) is 2.55. The lowest BCUT2D eigenvalue weighted by Crippen LogP contribution is -2.36. The van der Waals surface area contributed by atoms with Crippen molar-refractivity contribution >= 4 is 17.3 Å². The smallest absolute Gasteiger partial charge is 0.191 e. The Hall–Kier alpha value is -2.01. The van der Waals surface area contributed by atoms with Crippen LogP contribution in [0.5, 0.6) is 5.75 Å². The molecule has 0 amide bonds. The molecule has 0 atom stereocenters. The Balaban J connectivity index is 1.60. The number of hydrogen-bond acceptors (Lipinski definition) is 3. The molecule has 1 aliphatic rings. The van der Waals surface area contributed by atoms with Crippen LogP contribution < -0.4 is 15.4 Å². The first-order valence-corrected chi connectivity index (χ1v) is 9.48. The first-order chi connectivity index (χ1) is 11.8. The van der Waals surface area contributed by atoms with Gasteiger partial charge in [0.15, 0.2) is 5.96 Å². The van der Waals surface area contributed by atoms with Crippen molar-refractivity contribution in [1.29, 1.82) is 0 Å². The summed E-state index contributed by atoms with van der Waals surface area (Å²) in [5, 5.41) is 8.77. The number of ether oxygens (including phenoxy) is 1. The Kier molecular flexibility index (Phi) is 6.13. The zero-order chi connectivity index (χ0) is 16.6. The monoisotopic (exact) mass is 343 g/mol. The predicted molar refractivity (Wildman–Crippen MR) is 101 cm³/mol. The molecule has 1 heterocycles. The second-order valence-corrected chi connectivity index (χ2v) is 7.02. The quantitative estimate of drug-likeness (QED) is 0.566. The number of aliphatic imine (C=N–C) groups is 1. The fourth-order valence-corrected chi connectivity index (χ4v) is 3.00. The number of guanidine groups is 1. The Labute approximate surface area is 148 Å². The molecule has 24 heavy (non-hydrogen) atoms. The molecule has 1 saturated carbocycles. The zero-order valence-electron chi connectivity index (χ0n) is 14.1. The van der Waals surface area contributed by atoms with Gasteiger partial charge in [0.1, 0.15) is 5.75 Å². The van der Waals surface area contributed by atoms with E-state index in [4.69, 9.17) is 9.73 Å². The van der Waals surface area contributed by atoms with Gasteiger partial charge in [-0.15, -0.1) is 11.3 Å². The molecular formula is C19H25N3OS. The van der Waals surface area contributed by atoms with Crippen LogP contribution in [0, 0.1) is 5.92 Å². The number of para-hydroxylation sites is 1. The Bertz CT molecular complexity index is 650. The van der Waals surface area contributed by atoms with Gasteiger partial charge < -0.3 is 15.4 Å². The van der Waals surface area contributed by atoms with Gasteiger partial charge in [-0.25, -0.2) is 4.99 Å². The van der Waals surface area contributed by atoms with Crippen LogP contribution in [0.2, 0.25) is 0 Å². The van der Waals surface area contributed by atoms with Crippen molar-refractivity contribution in [2.45, 2.75) is 32.9 Å². The van der Waals surface area contributed by atoms with Gasteiger partial charge in [0.2, 0.25) is 0 Å². The highest BCUT2D eigenvalue weighted by molar-refractivity contribution is 7.09. The van der Waals surface area contributed by atoms with E-state index < -0.39 is 0 Å². The summed E-state index contributed by atoms with van der Waals surface area (Å²) in [7, 11) is 0. The maximum atomic E-state index is 5.96. The lowest BCUT2D eigenvalue weighted by molar-refractivity contribution is 0.297. The fraction of sp³-hybridized carbons (Fsp3) is 0.421. The van der Waals surface area contributed by atoms with E-state index in [9.17, 15) is 0 Å². The second kappa shape index (κ2) is 8.73. The molecule has 1 fully saturated rings. The Morgan fingerprint density at radius 3 is 2.83 bits per heavy atom. The average molecular weight is 343 g/mol. The van der Waals surface area contributed by atoms with E-state index in [2.05, 4.69) is 41.1 Å². The van der Waals surface area contributed by atoms with Crippen LogP contribution in [0.25, 0.3) is 0 Å². The second-order valence-electron chi connectivity index (χ2n) is 5.99. The van der Waals surface area contributed by atoms with Crippen molar-refractivity contribution in [3.05, 3.63) is 52.2 Å². The molecule has 2 N–H and O–H groups in total. The summed E-state index contributed by atoms with van der Waals surface area (Å²) >= 11 is 1.75. The minimum atomic E-state index is 0.612. The molecule has 0 radical (unpaired) electrons. The number of benzene rings is 1. The van der Waals surface area contributed by atoms with Gasteiger partial charge in [-0.1, -0.05) is 24.3 Å². The van der Waals surface area contributed by atoms with E-state index >= 15 is 0 Å². The number of hydrogen-bond donors (Lipinski definition) is 2. The van der Waals surface area contributed by atoms with Crippen LogP contribution in [-0.2, 0) is 13.1 Å². The summed E-state index contributed by atoms with van der Waals surface area (Å²) in [5.41, 5.74) is 1.13. The van der Waals surface area contributed by atoms with Crippen molar-refractivity contribution in [2.24, 2.45) is 10.9 Å². The molecule has 0 aliphatic heterocycles. The summed E-state index contributed by atoms with van der Waals surface area (Å²) < 4.78 is 5.96. The average Bonchev–Trinajstić information content (AvgIpc) is 3.29. The maximum absolute atomic E-state index is 5.96. The van der Waals surface area contributed by atoms with Crippen molar-refractivity contribution in [2.75, 3.05) is 13.2 Å². The highest BCUT2D eigenvalue weighted by Crippen LogP contribution is 2.30. The van der Waals surface area contributed by atoms with Crippen molar-refractivity contribution < 1.29 is 4.74 Å². The van der Waals surface area contributed by atoms with E-state index in [0.29, 0.717) is 6.54 Å². The van der Waals surface area contributed by atoms with Gasteiger partial charge in [0.25, 0.3) is 0 Å². The minimum Gasteiger partial charge on any atom is -0.493 e. The van der Waals surface area contributed by atoms with Crippen LogP contribution in [0.15, 0.2) is 46.8 Å². The van der Waals surface area contributed by atoms with Crippen LogP contribution >= 0.6 is 11.3 Å². The first-order valence-electron chi connectivity index (χ1n) is 8.60. The molecule has 0 bridgehead atoms. The van der Waals surface area contributed by atoms with Crippen molar-refractivity contribution in [3.63, 3.8) is 0 Å². The van der Waals surface area contributed by atoms with Crippen LogP contribution in [0.3, 0.4) is 0 Å². The lowest BCUT2D eigenvalue weighted by Gasteiger charge is -2.12. The highest BCUT2D eigenvalue weighted by Gasteiger charge is 2.22. The molecule has 1 aromatic carbocycles. The maximum Gasteiger partial charge on any atom is 0.191 e. The van der Waals surface area contributed by atoms with Gasteiger partial charge in [-0.2, -0.15) is 0 Å². The van der Waals surface area contributed by atoms with Gasteiger partial charge in [0, 0.05) is 17.0 Å². The lowest BCUT2D eigenvalue weighted by atomic mass is 10.2. The third-order valence-corrected chi connectivity index (χ3v) is 4.78. The van der Waals surface area contributed by atoms with Crippen molar-refractivity contribution in [3.8, 4) is 5.75 Å². The van der Waals surface area contributed by atoms with E-state index in [0.717, 1.165) is 42.9 Å². The van der Waals surface area contributed by atoms with Gasteiger partial charge in [0.05, 0.1) is 19.7 Å². The highest BCUT2D eigenvalue weighted by atomic mass is 32.1. The van der Waals surface area contributed by atoms with E-state index in [1.807, 2.05) is 18.2 Å². The first kappa shape index (κ1) is 16.8. The van der Waals surface area contributed by atoms with E-state index in [-0.39, 0.29) is 0 Å². The van der Waals surface area contributed by atoms with Crippen molar-refractivity contribution in [1.82, 2.24) is 10.6 Å². The SMILES string of the molecule is CCNC(=NCc1ccccc1OCC1CC1)NCc1cccs1. The Morgan fingerprint density at radius 2 is 2.08 bits per heavy atom. The Morgan fingerprint density at radius 1 is 1.21 bits per heavy atom. The summed E-state index contributed by atoms with van der Waals surface area (Å²) in [4.78, 5) is 6.01. The summed E-state index contributed by atoms with van der Waals surface area (Å²) in [6.07, 6.45) is 2.61. The zero-order valence-corrected chi connectivity index (χ0v) is 14.9. The number of nitrogens with one attached hydrogen (secondary N) is 2. The molecule has 4 nitrogen and oxygen atoms in total. The fourth-order valence-electron chi connectivity index (χ4n) is 2.36. The summed E-state index contributed by atoms with van der Waals surface area (Å²) in [6, 6.07) is 12.4. The molecule has 0 spiro atoms. The standard InChI is InChI=1S/C19H25N3OS/c1-2-20-19(22-13-17-7-5-11-24-17)21-12-16-6-3-4-8-18(16)23-14-15-9-10-15/h3-8,11,15H,2,9-10,12-14H2,1H3,(H2,20,21,22). The van der Waals surface area contributed by atoms with Gasteiger partial charge in [-0.05, 0) is 43.2 Å². The molecule has 1 aliphatic carbocycles. The molecule has 5 heteroatoms. The van der Waals surface area contributed by atoms with Crippen LogP contribution in [0.4, 0.5) is 0 Å². The molecule has 0 saturated heterocycles. The van der Waals surface area contributed by atoms with Gasteiger partial charge >= 0.3 is 0 Å². The molecule has 0 unspecified atom stereocenters. The number of nitrogens with zero attached hydrogens (tertiary/aromatic N) is 1. The molecule has 128 valence electrons. The van der Waals surface area contributed by atoms with Crippen LogP contribution in [0.1, 0.15) is 30.2 Å². The molecule has 3 rings (SSSR count). The molecule has 1 aromatic heterocycles. The van der Waals surface area contributed by atoms with E-state index in [1.54, 1.807) is 11.3 Å². The number of thiophene rings is 1. The topological polar surface area (TPSA) is 45.7 Å². The predicted octanol–water partition coefficient (Wildman–Crippen LogP) is 3.79. The molecular weight excluding hydrogens is 318 g/mol. The molecule has 2 aromatic rings. The third kappa shape index (κ3) is 5.27. The number of rotatable bonds is 8. The van der Waals surface area contributed by atoms with Gasteiger partial charge in [-0.3, -0.25) is 0 Å². The minimum absolute atomic E-state index is 0.612. The van der Waals surface area contributed by atoms with Crippen LogP contribution in [-0.4, -0.2) is 19.1 Å². The van der Waals surface area contributed by atoms with E-state index in [1.165, 1.54) is 17.7 Å². The largest absolute Gasteiger partial charge is 0.493 e. The normalized spacial score (nSPS) is 14.5. The third-order valence-electron chi connectivity index (χ3n) is 3.91. The summed E-state index contributed by atoms with van der Waals surface area (Å²) in [6.45, 7) is 5.16.